The van der Waals surface area contributed by atoms with Crippen LogP contribution in [0.4, 0.5) is 0 Å². The van der Waals surface area contributed by atoms with Crippen LogP contribution in [0.2, 0.25) is 0 Å². The molecule has 0 aliphatic carbocycles. The molecule has 0 aromatic heterocycles. The lowest BCUT2D eigenvalue weighted by molar-refractivity contribution is -0.136. The molecular weight excluding hydrogens is 182 g/mol. The fourth-order valence-corrected chi connectivity index (χ4v) is 1.41. The second-order valence-corrected chi connectivity index (χ2v) is 3.30. The molecule has 1 aliphatic heterocycles. The van der Waals surface area contributed by atoms with Gasteiger partial charge in [0.15, 0.2) is 0 Å². The molecule has 0 spiro atoms. The van der Waals surface area contributed by atoms with Gasteiger partial charge in [-0.25, -0.2) is 0 Å². The van der Waals surface area contributed by atoms with Crippen molar-refractivity contribution in [2.75, 3.05) is 39.3 Å². The standard InChI is InChI=1S/C9H17N3O2/c1-2-11(8-13)7-9(14)12-5-3-10-4-6-12/h8,10H,2-7H2,1H3. The monoisotopic (exact) mass is 199 g/mol. The van der Waals surface area contributed by atoms with Gasteiger partial charge in [-0.3, -0.25) is 9.59 Å². The van der Waals surface area contributed by atoms with Crippen molar-refractivity contribution >= 4 is 12.3 Å². The summed E-state index contributed by atoms with van der Waals surface area (Å²) in [4.78, 5) is 25.4. The van der Waals surface area contributed by atoms with E-state index in [2.05, 4.69) is 5.32 Å². The predicted octanol–water partition coefficient (Wildman–Crippen LogP) is -1.10. The fourth-order valence-electron chi connectivity index (χ4n) is 1.41. The molecule has 2 amide bonds. The van der Waals surface area contributed by atoms with Gasteiger partial charge >= 0.3 is 0 Å². The van der Waals surface area contributed by atoms with E-state index in [9.17, 15) is 9.59 Å². The van der Waals surface area contributed by atoms with Gasteiger partial charge in [0.1, 0.15) is 0 Å². The van der Waals surface area contributed by atoms with Gasteiger partial charge in [0.05, 0.1) is 6.54 Å². The molecule has 5 heteroatoms. The zero-order valence-corrected chi connectivity index (χ0v) is 8.53. The van der Waals surface area contributed by atoms with E-state index in [0.29, 0.717) is 6.54 Å². The number of piperazine rings is 1. The Morgan fingerprint density at radius 2 is 2.14 bits per heavy atom. The van der Waals surface area contributed by atoms with Crippen LogP contribution < -0.4 is 5.32 Å². The van der Waals surface area contributed by atoms with Crippen molar-refractivity contribution in [2.45, 2.75) is 6.92 Å². The van der Waals surface area contributed by atoms with E-state index in [1.54, 1.807) is 4.90 Å². The number of nitrogens with zero attached hydrogens (tertiary/aromatic N) is 2. The van der Waals surface area contributed by atoms with Gasteiger partial charge in [-0.1, -0.05) is 0 Å². The highest BCUT2D eigenvalue weighted by Crippen LogP contribution is 1.95. The smallest absolute Gasteiger partial charge is 0.242 e. The third-order valence-corrected chi connectivity index (χ3v) is 2.36. The number of hydrogen-bond acceptors (Lipinski definition) is 3. The Morgan fingerprint density at radius 3 is 2.64 bits per heavy atom. The Balaban J connectivity index is 2.35. The first-order valence-electron chi connectivity index (χ1n) is 4.95. The third kappa shape index (κ3) is 2.99. The van der Waals surface area contributed by atoms with E-state index < -0.39 is 0 Å². The average Bonchev–Trinajstić information content (AvgIpc) is 2.26. The summed E-state index contributed by atoms with van der Waals surface area (Å²) in [6, 6.07) is 0. The van der Waals surface area contributed by atoms with Crippen LogP contribution in [-0.2, 0) is 9.59 Å². The summed E-state index contributed by atoms with van der Waals surface area (Å²) < 4.78 is 0. The summed E-state index contributed by atoms with van der Waals surface area (Å²) in [5.74, 6) is 0.0421. The quantitative estimate of drug-likeness (QED) is 0.585. The second kappa shape index (κ2) is 5.59. The molecule has 1 rings (SSSR count). The van der Waals surface area contributed by atoms with Crippen molar-refractivity contribution in [3.63, 3.8) is 0 Å². The third-order valence-electron chi connectivity index (χ3n) is 2.36. The first-order chi connectivity index (χ1) is 6.77. The maximum atomic E-state index is 11.6. The Morgan fingerprint density at radius 1 is 1.50 bits per heavy atom. The summed E-state index contributed by atoms with van der Waals surface area (Å²) in [6.07, 6.45) is 0.722. The minimum atomic E-state index is 0.0421. The SMILES string of the molecule is CCN(C=O)CC(=O)N1CCNCC1. The van der Waals surface area contributed by atoms with Crippen molar-refractivity contribution in [1.82, 2.24) is 15.1 Å². The number of likely N-dealkylation sites (N-methyl/N-ethyl adjacent to an activating group) is 1. The maximum absolute atomic E-state index is 11.6. The van der Waals surface area contributed by atoms with Gasteiger partial charge in [-0.15, -0.1) is 0 Å². The molecule has 0 aromatic rings. The van der Waals surface area contributed by atoms with Crippen LogP contribution in [0.25, 0.3) is 0 Å². The van der Waals surface area contributed by atoms with E-state index in [1.165, 1.54) is 4.90 Å². The van der Waals surface area contributed by atoms with Gasteiger partial charge < -0.3 is 15.1 Å². The van der Waals surface area contributed by atoms with Crippen LogP contribution in [0, 0.1) is 0 Å². The van der Waals surface area contributed by atoms with Crippen LogP contribution in [0.1, 0.15) is 6.92 Å². The van der Waals surface area contributed by atoms with E-state index in [-0.39, 0.29) is 12.5 Å². The van der Waals surface area contributed by atoms with Gasteiger partial charge in [-0.2, -0.15) is 0 Å². The number of carbonyl (C=O) groups excluding carboxylic acids is 2. The first-order valence-corrected chi connectivity index (χ1v) is 4.95. The van der Waals surface area contributed by atoms with Crippen molar-refractivity contribution in [2.24, 2.45) is 0 Å². The zero-order chi connectivity index (χ0) is 10.4. The highest BCUT2D eigenvalue weighted by molar-refractivity contribution is 5.80. The van der Waals surface area contributed by atoms with Gasteiger partial charge in [0.2, 0.25) is 12.3 Å². The Kier molecular flexibility index (Phi) is 4.39. The van der Waals surface area contributed by atoms with Crippen LogP contribution >= 0.6 is 0 Å². The first kappa shape index (κ1) is 11.0. The Bertz CT molecular complexity index is 202. The molecule has 0 bridgehead atoms. The summed E-state index contributed by atoms with van der Waals surface area (Å²) in [5.41, 5.74) is 0. The number of nitrogens with one attached hydrogen (secondary N) is 1. The summed E-state index contributed by atoms with van der Waals surface area (Å²) >= 11 is 0. The van der Waals surface area contributed by atoms with Crippen molar-refractivity contribution < 1.29 is 9.59 Å². The highest BCUT2D eigenvalue weighted by atomic mass is 16.2. The molecule has 0 radical (unpaired) electrons. The van der Waals surface area contributed by atoms with E-state index in [4.69, 9.17) is 0 Å². The minimum absolute atomic E-state index is 0.0421. The maximum Gasteiger partial charge on any atom is 0.242 e. The molecule has 1 aliphatic rings. The molecule has 1 heterocycles. The normalized spacial score (nSPS) is 16.5. The zero-order valence-electron chi connectivity index (χ0n) is 8.53. The number of rotatable bonds is 4. The lowest BCUT2D eigenvalue weighted by Gasteiger charge is -2.28. The lowest BCUT2D eigenvalue weighted by atomic mass is 10.3. The minimum Gasteiger partial charge on any atom is -0.339 e. The van der Waals surface area contributed by atoms with Gasteiger partial charge in [0.25, 0.3) is 0 Å². The van der Waals surface area contributed by atoms with Crippen molar-refractivity contribution in [3.8, 4) is 0 Å². The van der Waals surface area contributed by atoms with E-state index >= 15 is 0 Å². The molecular formula is C9H17N3O2. The summed E-state index contributed by atoms with van der Waals surface area (Å²) in [5, 5.41) is 3.17. The largest absolute Gasteiger partial charge is 0.339 e. The van der Waals surface area contributed by atoms with Crippen molar-refractivity contribution in [1.29, 1.82) is 0 Å². The summed E-state index contributed by atoms with van der Waals surface area (Å²) in [6.45, 7) is 5.84. The number of carbonyl (C=O) groups is 2. The van der Waals surface area contributed by atoms with Crippen LogP contribution in [-0.4, -0.2) is 61.4 Å². The lowest BCUT2D eigenvalue weighted by Crippen LogP contribution is -2.49. The average molecular weight is 199 g/mol. The summed E-state index contributed by atoms with van der Waals surface area (Å²) in [7, 11) is 0. The molecule has 80 valence electrons. The van der Waals surface area contributed by atoms with Gasteiger partial charge in [0, 0.05) is 32.7 Å². The molecule has 0 atom stereocenters. The van der Waals surface area contributed by atoms with Crippen LogP contribution in [0.5, 0.6) is 0 Å². The molecule has 1 N–H and O–H groups in total. The van der Waals surface area contributed by atoms with E-state index in [1.807, 2.05) is 6.92 Å². The molecule has 0 saturated carbocycles. The fraction of sp³-hybridized carbons (Fsp3) is 0.778. The van der Waals surface area contributed by atoms with Crippen LogP contribution in [0.3, 0.4) is 0 Å². The Labute approximate surface area is 84.0 Å². The molecule has 0 aromatic carbocycles. The molecule has 5 nitrogen and oxygen atoms in total. The van der Waals surface area contributed by atoms with E-state index in [0.717, 1.165) is 32.6 Å². The number of amides is 2. The topological polar surface area (TPSA) is 52.7 Å². The van der Waals surface area contributed by atoms with Crippen LogP contribution in [0.15, 0.2) is 0 Å². The molecule has 1 fully saturated rings. The Hall–Kier alpha value is -1.10. The second-order valence-electron chi connectivity index (χ2n) is 3.30. The molecule has 0 unspecified atom stereocenters. The predicted molar refractivity (Wildman–Crippen MR) is 52.8 cm³/mol. The highest BCUT2D eigenvalue weighted by Gasteiger charge is 2.17. The number of hydrogen-bond donors (Lipinski definition) is 1. The molecule has 1 saturated heterocycles. The molecule has 14 heavy (non-hydrogen) atoms. The van der Waals surface area contributed by atoms with Crippen molar-refractivity contribution in [3.05, 3.63) is 0 Å². The van der Waals surface area contributed by atoms with Gasteiger partial charge in [-0.05, 0) is 6.92 Å².